The zero-order chi connectivity index (χ0) is 23.3. The van der Waals surface area contributed by atoms with Crippen molar-refractivity contribution in [3.05, 3.63) is 0 Å². The molecule has 17 heteroatoms. The molecule has 177 valence electrons. The third-order valence-corrected chi connectivity index (χ3v) is 8.61. The number of hydrogen-bond acceptors (Lipinski definition) is 8. The second-order valence-corrected chi connectivity index (χ2v) is 11.3. The minimum absolute atomic E-state index is 0. The second-order valence-electron chi connectivity index (χ2n) is 8.87. The van der Waals surface area contributed by atoms with Crippen LogP contribution in [-0.4, -0.2) is 96.0 Å². The molecule has 8 atom stereocenters. The SMILES string of the molecule is O=C1C2C3CCC(C2C(=O)N1COP(=O)(O)O)C1C2C(=O)N(COP(=O)(O)O)C(=O)C2C31.[Na]. The quantitative estimate of drug-likeness (QED) is 0.175. The first-order chi connectivity index (χ1) is 14.8. The van der Waals surface area contributed by atoms with E-state index in [2.05, 4.69) is 9.05 Å². The maximum absolute atomic E-state index is 13.0. The standard InChI is InChI=1S/C16H20N2O12P2.Na/c19-13-9-5-1-2-6(10(9)14(20)17(13)3-29-31(23,24)25)8-7(5)11-12(8)16(22)18(15(11)21)4-30-32(26,27)28;/h5-12H,1-4H2,(H2,23,24,25)(H2,26,27,28);. The van der Waals surface area contributed by atoms with Gasteiger partial charge >= 0.3 is 15.6 Å². The summed E-state index contributed by atoms with van der Waals surface area (Å²) in [6.07, 6.45) is 1.12. The minimum atomic E-state index is -4.90. The number of phosphoric acid groups is 2. The molecule has 6 rings (SSSR count). The van der Waals surface area contributed by atoms with Crippen LogP contribution in [-0.2, 0) is 37.4 Å². The Morgan fingerprint density at radius 2 is 0.970 bits per heavy atom. The van der Waals surface area contributed by atoms with Crippen LogP contribution in [0.25, 0.3) is 0 Å². The number of rotatable bonds is 6. The third kappa shape index (κ3) is 3.84. The molecular weight excluding hydrogens is 497 g/mol. The maximum atomic E-state index is 13.0. The van der Waals surface area contributed by atoms with E-state index in [1.807, 2.05) is 0 Å². The van der Waals surface area contributed by atoms with E-state index in [-0.39, 0.29) is 53.2 Å². The van der Waals surface area contributed by atoms with E-state index < -0.39 is 76.4 Å². The molecule has 4 N–H and O–H groups in total. The Bertz CT molecular complexity index is 969. The Morgan fingerprint density at radius 3 is 1.27 bits per heavy atom. The Morgan fingerprint density at radius 1 is 0.667 bits per heavy atom. The monoisotopic (exact) mass is 517 g/mol. The molecule has 4 aliphatic carbocycles. The van der Waals surface area contributed by atoms with Gasteiger partial charge in [-0.1, -0.05) is 0 Å². The van der Waals surface area contributed by atoms with E-state index in [1.54, 1.807) is 0 Å². The van der Waals surface area contributed by atoms with E-state index in [4.69, 9.17) is 19.6 Å². The molecule has 0 aromatic heterocycles. The number of likely N-dealkylation sites (tertiary alicyclic amines) is 2. The van der Waals surface area contributed by atoms with Crippen LogP contribution in [0.15, 0.2) is 0 Å². The van der Waals surface area contributed by atoms with Crippen molar-refractivity contribution in [3.63, 3.8) is 0 Å². The average Bonchev–Trinajstić information content (AvgIpc) is 3.02. The van der Waals surface area contributed by atoms with Gasteiger partial charge in [-0.3, -0.25) is 38.0 Å². The zero-order valence-electron chi connectivity index (χ0n) is 17.3. The van der Waals surface area contributed by atoms with Gasteiger partial charge in [-0.15, -0.1) is 0 Å². The summed E-state index contributed by atoms with van der Waals surface area (Å²) in [5.41, 5.74) is 0. The molecular formula is C16H20N2NaO12P2. The summed E-state index contributed by atoms with van der Waals surface area (Å²) in [5.74, 6) is -6.86. The van der Waals surface area contributed by atoms with Crippen molar-refractivity contribution in [2.24, 2.45) is 47.3 Å². The van der Waals surface area contributed by atoms with Crippen LogP contribution >= 0.6 is 15.6 Å². The van der Waals surface area contributed by atoms with Crippen molar-refractivity contribution in [2.75, 3.05) is 13.5 Å². The molecule has 1 radical (unpaired) electrons. The van der Waals surface area contributed by atoms with E-state index in [0.29, 0.717) is 22.6 Å². The Hall–Kier alpha value is -0.500. The predicted octanol–water partition coefficient (Wildman–Crippen LogP) is -1.77. The van der Waals surface area contributed by atoms with Gasteiger partial charge in [0.2, 0.25) is 23.6 Å². The molecule has 33 heavy (non-hydrogen) atoms. The molecule has 0 aromatic carbocycles. The normalized spacial score (nSPS) is 39.3. The first-order valence-corrected chi connectivity index (χ1v) is 13.0. The fourth-order valence-electron chi connectivity index (χ4n) is 6.82. The van der Waals surface area contributed by atoms with Crippen molar-refractivity contribution in [1.82, 2.24) is 9.80 Å². The van der Waals surface area contributed by atoms with Gasteiger partial charge in [-0.05, 0) is 36.5 Å². The van der Waals surface area contributed by atoms with Crippen LogP contribution in [0.5, 0.6) is 0 Å². The van der Waals surface area contributed by atoms with E-state index in [0.717, 1.165) is 0 Å². The van der Waals surface area contributed by atoms with Crippen LogP contribution in [0.2, 0.25) is 0 Å². The molecule has 14 nitrogen and oxygen atoms in total. The summed E-state index contributed by atoms with van der Waals surface area (Å²) in [4.78, 5) is 88.6. The van der Waals surface area contributed by atoms with Crippen molar-refractivity contribution < 1.29 is 56.9 Å². The van der Waals surface area contributed by atoms with Gasteiger partial charge in [0, 0.05) is 29.6 Å². The molecule has 6 aliphatic rings. The summed E-state index contributed by atoms with van der Waals surface area (Å²) in [7, 11) is -9.80. The topological polar surface area (TPSA) is 208 Å². The zero-order valence-corrected chi connectivity index (χ0v) is 21.1. The summed E-state index contributed by atoms with van der Waals surface area (Å²) in [5, 5.41) is 0. The number of fused-ring (bicyclic) bond motifs is 2. The Labute approximate surface area is 208 Å². The van der Waals surface area contributed by atoms with Crippen molar-refractivity contribution in [3.8, 4) is 0 Å². The fraction of sp³-hybridized carbons (Fsp3) is 0.750. The Kier molecular flexibility index (Phi) is 6.42. The smallest absolute Gasteiger partial charge is 0.303 e. The molecule has 0 aromatic rings. The first kappa shape index (κ1) is 25.6. The molecule has 2 aliphatic heterocycles. The number of phosphoric ester groups is 2. The minimum Gasteiger partial charge on any atom is -0.303 e. The number of carbonyl (C=O) groups excluding carboxylic acids is 4. The van der Waals surface area contributed by atoms with Crippen LogP contribution in [0, 0.1) is 47.3 Å². The first-order valence-electron chi connectivity index (χ1n) is 9.92. The Balaban J connectivity index is 0.00000259. The second kappa shape index (κ2) is 8.28. The summed E-state index contributed by atoms with van der Waals surface area (Å²) in [6.45, 7) is -1.75. The maximum Gasteiger partial charge on any atom is 0.471 e. The molecule has 2 saturated heterocycles. The van der Waals surface area contributed by atoms with Gasteiger partial charge in [-0.2, -0.15) is 0 Å². The number of nitrogens with zero attached hydrogens (tertiary/aromatic N) is 2. The van der Waals surface area contributed by atoms with Crippen LogP contribution in [0.3, 0.4) is 0 Å². The summed E-state index contributed by atoms with van der Waals surface area (Å²) >= 11 is 0. The predicted molar refractivity (Wildman–Crippen MR) is 103 cm³/mol. The molecule has 2 heterocycles. The molecule has 4 amide bonds. The van der Waals surface area contributed by atoms with Gasteiger partial charge < -0.3 is 19.6 Å². The molecule has 8 unspecified atom stereocenters. The fourth-order valence-corrected chi connectivity index (χ4v) is 7.36. The van der Waals surface area contributed by atoms with Crippen LogP contribution in [0.1, 0.15) is 12.8 Å². The molecule has 6 fully saturated rings. The van der Waals surface area contributed by atoms with Crippen molar-refractivity contribution in [1.29, 1.82) is 0 Å². The van der Waals surface area contributed by atoms with E-state index >= 15 is 0 Å². The van der Waals surface area contributed by atoms with E-state index in [9.17, 15) is 28.3 Å². The van der Waals surface area contributed by atoms with Gasteiger partial charge in [-0.25, -0.2) is 9.13 Å². The molecule has 2 bridgehead atoms. The van der Waals surface area contributed by atoms with Crippen LogP contribution in [0.4, 0.5) is 0 Å². The summed E-state index contributed by atoms with van der Waals surface area (Å²) in [6, 6.07) is 0. The largest absolute Gasteiger partial charge is 0.471 e. The average molecular weight is 517 g/mol. The van der Waals surface area contributed by atoms with Gasteiger partial charge in [0.15, 0.2) is 0 Å². The molecule has 0 spiro atoms. The summed E-state index contributed by atoms with van der Waals surface area (Å²) < 4.78 is 30.7. The number of amides is 4. The van der Waals surface area contributed by atoms with Crippen molar-refractivity contribution in [2.45, 2.75) is 12.8 Å². The van der Waals surface area contributed by atoms with Crippen LogP contribution < -0.4 is 0 Å². The number of carbonyl (C=O) groups is 4. The number of hydrogen-bond donors (Lipinski definition) is 4. The van der Waals surface area contributed by atoms with E-state index in [1.165, 1.54) is 0 Å². The van der Waals surface area contributed by atoms with Crippen molar-refractivity contribution >= 4 is 68.8 Å². The van der Waals surface area contributed by atoms with Gasteiger partial charge in [0.05, 0.1) is 23.7 Å². The number of imide groups is 2. The van der Waals surface area contributed by atoms with Gasteiger partial charge in [0.25, 0.3) is 0 Å². The third-order valence-electron chi connectivity index (χ3n) is 7.71. The molecule has 4 saturated carbocycles. The van der Waals surface area contributed by atoms with Gasteiger partial charge in [0.1, 0.15) is 13.5 Å².